The highest BCUT2D eigenvalue weighted by Gasteiger charge is 2.35. The molecule has 0 bridgehead atoms. The van der Waals surface area contributed by atoms with Crippen LogP contribution in [-0.4, -0.2) is 41.2 Å². The molecular weight excluding hydrogens is 328 g/mol. The Bertz CT molecular complexity index is 814. The van der Waals surface area contributed by atoms with E-state index in [9.17, 15) is 4.79 Å². The van der Waals surface area contributed by atoms with Gasteiger partial charge in [-0.15, -0.1) is 0 Å². The van der Waals surface area contributed by atoms with E-state index in [1.807, 2.05) is 6.92 Å². The number of hydrogen-bond donors (Lipinski definition) is 1. The number of aliphatic imine (C=N–C) groups is 1. The SMILES string of the molecule is CCC1=NN2C(=N)/C(=C\c3ccc(OC)c(OC)c3)C(=O)N=C2S1. The van der Waals surface area contributed by atoms with Crippen molar-refractivity contribution >= 4 is 39.8 Å². The molecule has 1 N–H and O–H groups in total. The number of carbonyl (C=O) groups excluding carboxylic acids is 1. The molecule has 2 aliphatic rings. The van der Waals surface area contributed by atoms with E-state index in [2.05, 4.69) is 10.1 Å². The first-order valence-electron chi connectivity index (χ1n) is 7.28. The zero-order valence-corrected chi connectivity index (χ0v) is 14.3. The van der Waals surface area contributed by atoms with E-state index in [1.165, 1.54) is 16.8 Å². The number of benzene rings is 1. The fourth-order valence-electron chi connectivity index (χ4n) is 2.28. The predicted octanol–water partition coefficient (Wildman–Crippen LogP) is 2.73. The van der Waals surface area contributed by atoms with Gasteiger partial charge >= 0.3 is 0 Å². The van der Waals surface area contributed by atoms with E-state index >= 15 is 0 Å². The summed E-state index contributed by atoms with van der Waals surface area (Å²) < 4.78 is 10.5. The van der Waals surface area contributed by atoms with Crippen LogP contribution >= 0.6 is 11.8 Å². The molecule has 0 aliphatic carbocycles. The normalized spacial score (nSPS) is 18.5. The third-order valence-electron chi connectivity index (χ3n) is 3.52. The zero-order valence-electron chi connectivity index (χ0n) is 13.5. The number of ether oxygens (including phenoxy) is 2. The van der Waals surface area contributed by atoms with E-state index in [1.54, 1.807) is 38.5 Å². The van der Waals surface area contributed by atoms with Crippen molar-refractivity contribution in [3.8, 4) is 11.5 Å². The van der Waals surface area contributed by atoms with Crippen LogP contribution < -0.4 is 9.47 Å². The standard InChI is InChI=1S/C16H16N4O3S/c1-4-13-19-20-14(17)10(15(21)18-16(20)24-13)7-9-5-6-11(22-2)12(8-9)23-3/h5-8,17H,4H2,1-3H3/b10-7+,17-14?. The molecule has 0 aromatic heterocycles. The lowest BCUT2D eigenvalue weighted by Gasteiger charge is -2.20. The molecule has 24 heavy (non-hydrogen) atoms. The molecule has 0 saturated carbocycles. The second kappa shape index (κ2) is 6.48. The van der Waals surface area contributed by atoms with Gasteiger partial charge in [0.1, 0.15) is 5.04 Å². The molecule has 1 aromatic carbocycles. The summed E-state index contributed by atoms with van der Waals surface area (Å²) in [6, 6.07) is 5.27. The number of rotatable bonds is 4. The lowest BCUT2D eigenvalue weighted by atomic mass is 10.1. The number of thioether (sulfide) groups is 1. The minimum Gasteiger partial charge on any atom is -0.493 e. The smallest absolute Gasteiger partial charge is 0.283 e. The number of carbonyl (C=O) groups is 1. The van der Waals surface area contributed by atoms with Gasteiger partial charge in [0.2, 0.25) is 5.17 Å². The van der Waals surface area contributed by atoms with Gasteiger partial charge in [-0.1, -0.05) is 13.0 Å². The first-order valence-corrected chi connectivity index (χ1v) is 8.10. The fraction of sp³-hybridized carbons (Fsp3) is 0.250. The molecule has 0 radical (unpaired) electrons. The molecule has 3 rings (SSSR count). The summed E-state index contributed by atoms with van der Waals surface area (Å²) in [4.78, 5) is 16.3. The Kier molecular flexibility index (Phi) is 4.39. The number of amides is 1. The van der Waals surface area contributed by atoms with Crippen LogP contribution in [0.4, 0.5) is 0 Å². The summed E-state index contributed by atoms with van der Waals surface area (Å²) in [5, 5.41) is 15.3. The predicted molar refractivity (Wildman–Crippen MR) is 94.8 cm³/mol. The van der Waals surface area contributed by atoms with Gasteiger partial charge in [-0.05, 0) is 42.0 Å². The highest BCUT2D eigenvalue weighted by atomic mass is 32.2. The number of amidine groups is 2. The Morgan fingerprint density at radius 3 is 2.71 bits per heavy atom. The van der Waals surface area contributed by atoms with E-state index in [4.69, 9.17) is 14.9 Å². The van der Waals surface area contributed by atoms with Gasteiger partial charge in [-0.25, -0.2) is 0 Å². The highest BCUT2D eigenvalue weighted by molar-refractivity contribution is 8.26. The maximum absolute atomic E-state index is 12.3. The van der Waals surface area contributed by atoms with Gasteiger partial charge < -0.3 is 9.47 Å². The monoisotopic (exact) mass is 344 g/mol. The molecule has 0 saturated heterocycles. The fourth-order valence-corrected chi connectivity index (χ4v) is 3.11. The van der Waals surface area contributed by atoms with Crippen LogP contribution in [0.1, 0.15) is 18.9 Å². The first-order chi connectivity index (χ1) is 11.6. The number of nitrogens with zero attached hydrogens (tertiary/aromatic N) is 3. The second-order valence-corrected chi connectivity index (χ2v) is 6.02. The molecule has 0 unspecified atom stereocenters. The number of methoxy groups -OCH3 is 2. The number of hydrazone groups is 1. The van der Waals surface area contributed by atoms with Gasteiger partial charge in [0.15, 0.2) is 17.3 Å². The molecule has 2 aliphatic heterocycles. The minimum absolute atomic E-state index is 0.0238. The molecule has 0 fully saturated rings. The van der Waals surface area contributed by atoms with Crippen LogP contribution in [0.15, 0.2) is 33.9 Å². The van der Waals surface area contributed by atoms with Crippen molar-refractivity contribution in [3.63, 3.8) is 0 Å². The molecule has 1 amide bonds. The minimum atomic E-state index is -0.443. The molecule has 8 heteroatoms. The number of hydrogen-bond acceptors (Lipinski definition) is 6. The maximum atomic E-state index is 12.3. The van der Waals surface area contributed by atoms with Crippen LogP contribution in [0.2, 0.25) is 0 Å². The second-order valence-electron chi connectivity index (χ2n) is 4.98. The highest BCUT2D eigenvalue weighted by Crippen LogP contribution is 2.31. The molecule has 124 valence electrons. The van der Waals surface area contributed by atoms with E-state index in [-0.39, 0.29) is 11.4 Å². The number of nitrogens with one attached hydrogen (secondary N) is 1. The van der Waals surface area contributed by atoms with Crippen LogP contribution in [0, 0.1) is 5.41 Å². The Labute approximate surface area is 143 Å². The third kappa shape index (κ3) is 2.80. The summed E-state index contributed by atoms with van der Waals surface area (Å²) in [5.41, 5.74) is 0.901. The zero-order chi connectivity index (χ0) is 17.3. The Morgan fingerprint density at radius 1 is 1.29 bits per heavy atom. The molecular formula is C16H16N4O3S. The van der Waals surface area contributed by atoms with E-state index in [0.29, 0.717) is 22.2 Å². The maximum Gasteiger partial charge on any atom is 0.283 e. The first kappa shape index (κ1) is 16.3. The lowest BCUT2D eigenvalue weighted by Crippen LogP contribution is -2.35. The summed E-state index contributed by atoms with van der Waals surface area (Å²) in [7, 11) is 3.10. The molecule has 0 spiro atoms. The molecule has 0 atom stereocenters. The van der Waals surface area contributed by atoms with Gasteiger partial charge in [0.05, 0.1) is 19.8 Å². The molecule has 7 nitrogen and oxygen atoms in total. The third-order valence-corrected chi connectivity index (χ3v) is 4.57. The summed E-state index contributed by atoms with van der Waals surface area (Å²) in [6.45, 7) is 1.97. The van der Waals surface area contributed by atoms with Crippen molar-refractivity contribution in [1.29, 1.82) is 5.41 Å². The summed E-state index contributed by atoms with van der Waals surface area (Å²) >= 11 is 1.32. The molecule has 2 heterocycles. The topological polar surface area (TPSA) is 87.3 Å². The van der Waals surface area contributed by atoms with Gasteiger partial charge in [0.25, 0.3) is 5.91 Å². The quantitative estimate of drug-likeness (QED) is 0.849. The van der Waals surface area contributed by atoms with Crippen molar-refractivity contribution in [2.75, 3.05) is 14.2 Å². The van der Waals surface area contributed by atoms with E-state index < -0.39 is 5.91 Å². The van der Waals surface area contributed by atoms with Crippen LogP contribution in [0.5, 0.6) is 11.5 Å². The Balaban J connectivity index is 1.98. The van der Waals surface area contributed by atoms with Crippen molar-refractivity contribution in [2.24, 2.45) is 10.1 Å². The number of fused-ring (bicyclic) bond motifs is 1. The Morgan fingerprint density at radius 2 is 2.04 bits per heavy atom. The lowest BCUT2D eigenvalue weighted by molar-refractivity contribution is -0.114. The average Bonchev–Trinajstić information content (AvgIpc) is 3.01. The summed E-state index contributed by atoms with van der Waals surface area (Å²) in [6.07, 6.45) is 2.34. The van der Waals surface area contributed by atoms with Gasteiger partial charge in [0, 0.05) is 0 Å². The van der Waals surface area contributed by atoms with Crippen molar-refractivity contribution < 1.29 is 14.3 Å². The van der Waals surface area contributed by atoms with Gasteiger partial charge in [-0.3, -0.25) is 10.2 Å². The van der Waals surface area contributed by atoms with Crippen molar-refractivity contribution in [3.05, 3.63) is 29.3 Å². The average molecular weight is 344 g/mol. The Hall–Kier alpha value is -2.61. The van der Waals surface area contributed by atoms with E-state index in [0.717, 1.165) is 11.5 Å². The van der Waals surface area contributed by atoms with Crippen LogP contribution in [0.25, 0.3) is 6.08 Å². The largest absolute Gasteiger partial charge is 0.493 e. The van der Waals surface area contributed by atoms with Crippen LogP contribution in [-0.2, 0) is 4.79 Å². The van der Waals surface area contributed by atoms with Crippen molar-refractivity contribution in [2.45, 2.75) is 13.3 Å². The van der Waals surface area contributed by atoms with Gasteiger partial charge in [-0.2, -0.15) is 15.1 Å². The van der Waals surface area contributed by atoms with Crippen LogP contribution in [0.3, 0.4) is 0 Å². The summed E-state index contributed by atoms with van der Waals surface area (Å²) in [5.74, 6) is 0.726. The molecule has 1 aromatic rings. The van der Waals surface area contributed by atoms with Crippen molar-refractivity contribution in [1.82, 2.24) is 5.01 Å².